The van der Waals surface area contributed by atoms with Crippen molar-refractivity contribution in [2.75, 3.05) is 19.6 Å². The molecular weight excluding hydrogens is 277 g/mol. The van der Waals surface area contributed by atoms with Crippen LogP contribution >= 0.6 is 0 Å². The summed E-state index contributed by atoms with van der Waals surface area (Å²) >= 11 is 0. The van der Waals surface area contributed by atoms with Crippen LogP contribution in [0.1, 0.15) is 32.6 Å². The summed E-state index contributed by atoms with van der Waals surface area (Å²) in [6.45, 7) is -0.110. The normalized spacial score (nSPS) is 13.1. The molecular formula is C12H21F3N2O3. The summed E-state index contributed by atoms with van der Waals surface area (Å²) in [4.78, 5) is 22.6. The summed E-state index contributed by atoms with van der Waals surface area (Å²) in [5, 5.41) is 8.56. The quantitative estimate of drug-likeness (QED) is 0.677. The zero-order chi connectivity index (χ0) is 15.8. The first-order valence-electron chi connectivity index (χ1n) is 6.46. The Kier molecular flexibility index (Phi) is 8.21. The molecule has 0 aliphatic heterocycles. The summed E-state index contributed by atoms with van der Waals surface area (Å²) in [5.41, 5.74) is 5.40. The minimum Gasteiger partial charge on any atom is -0.480 e. The van der Waals surface area contributed by atoms with Gasteiger partial charge >= 0.3 is 12.1 Å². The molecule has 0 aromatic heterocycles. The molecule has 0 saturated heterocycles. The maximum Gasteiger partial charge on any atom is 0.406 e. The second-order valence-corrected chi connectivity index (χ2v) is 4.65. The highest BCUT2D eigenvalue weighted by atomic mass is 19.4. The lowest BCUT2D eigenvalue weighted by atomic mass is 9.96. The third kappa shape index (κ3) is 8.73. The highest BCUT2D eigenvalue weighted by Gasteiger charge is 2.33. The van der Waals surface area contributed by atoms with Crippen molar-refractivity contribution in [1.29, 1.82) is 0 Å². The molecule has 0 saturated carbocycles. The Morgan fingerprint density at radius 1 is 1.30 bits per heavy atom. The maximum atomic E-state index is 12.3. The number of carboxylic acids is 1. The zero-order valence-corrected chi connectivity index (χ0v) is 11.4. The van der Waals surface area contributed by atoms with E-state index in [1.807, 2.05) is 6.92 Å². The first-order valence-corrected chi connectivity index (χ1v) is 6.46. The van der Waals surface area contributed by atoms with E-state index in [0.29, 0.717) is 24.3 Å². The molecule has 1 unspecified atom stereocenters. The Hall–Kier alpha value is -1.31. The Morgan fingerprint density at radius 3 is 2.30 bits per heavy atom. The lowest BCUT2D eigenvalue weighted by Crippen LogP contribution is -2.42. The summed E-state index contributed by atoms with van der Waals surface area (Å²) in [6, 6.07) is 0. The third-order valence-corrected chi connectivity index (χ3v) is 2.97. The van der Waals surface area contributed by atoms with Crippen molar-refractivity contribution in [1.82, 2.24) is 4.90 Å². The van der Waals surface area contributed by atoms with Gasteiger partial charge in [0.05, 0.1) is 0 Å². The average Bonchev–Trinajstić information content (AvgIpc) is 2.30. The molecule has 3 N–H and O–H groups in total. The van der Waals surface area contributed by atoms with Crippen molar-refractivity contribution in [3.05, 3.63) is 0 Å². The number of hydrogen-bond donors (Lipinski definition) is 2. The van der Waals surface area contributed by atoms with Crippen LogP contribution in [0.5, 0.6) is 0 Å². The lowest BCUT2D eigenvalue weighted by Gasteiger charge is -2.23. The summed E-state index contributed by atoms with van der Waals surface area (Å²) < 4.78 is 36.9. The number of carboxylic acid groups (broad SMARTS) is 1. The van der Waals surface area contributed by atoms with Crippen LogP contribution in [0.4, 0.5) is 13.2 Å². The molecule has 0 spiro atoms. The molecule has 0 aliphatic rings. The van der Waals surface area contributed by atoms with E-state index in [4.69, 9.17) is 10.8 Å². The molecule has 0 bridgehead atoms. The van der Waals surface area contributed by atoms with Gasteiger partial charge < -0.3 is 15.7 Å². The van der Waals surface area contributed by atoms with Crippen LogP contribution in [0.15, 0.2) is 0 Å². The number of nitrogens with two attached hydrogens (primary N) is 1. The Labute approximate surface area is 115 Å². The molecule has 8 heteroatoms. The van der Waals surface area contributed by atoms with Crippen LogP contribution in [0.3, 0.4) is 0 Å². The van der Waals surface area contributed by atoms with Crippen molar-refractivity contribution in [3.8, 4) is 0 Å². The van der Waals surface area contributed by atoms with E-state index >= 15 is 0 Å². The van der Waals surface area contributed by atoms with E-state index < -0.39 is 31.1 Å². The monoisotopic (exact) mass is 298 g/mol. The predicted octanol–water partition coefficient (Wildman–Crippen LogP) is 1.62. The minimum absolute atomic E-state index is 0.0954. The minimum atomic E-state index is -4.60. The number of carbonyl (C=O) groups is 2. The fourth-order valence-corrected chi connectivity index (χ4v) is 1.89. The van der Waals surface area contributed by atoms with Gasteiger partial charge in [-0.3, -0.25) is 9.59 Å². The molecule has 0 fully saturated rings. The molecule has 0 aromatic carbocycles. The van der Waals surface area contributed by atoms with Crippen LogP contribution in [-0.4, -0.2) is 47.7 Å². The number of halogens is 3. The highest BCUT2D eigenvalue weighted by Crippen LogP contribution is 2.19. The van der Waals surface area contributed by atoms with Crippen LogP contribution < -0.4 is 5.73 Å². The lowest BCUT2D eigenvalue weighted by molar-refractivity contribution is -0.165. The fourth-order valence-electron chi connectivity index (χ4n) is 1.89. The van der Waals surface area contributed by atoms with Gasteiger partial charge in [0.15, 0.2) is 0 Å². The third-order valence-electron chi connectivity index (χ3n) is 2.97. The fraction of sp³-hybridized carbons (Fsp3) is 0.833. The molecule has 20 heavy (non-hydrogen) atoms. The summed E-state index contributed by atoms with van der Waals surface area (Å²) in [6.07, 6.45) is -2.81. The smallest absolute Gasteiger partial charge is 0.406 e. The van der Waals surface area contributed by atoms with Crippen LogP contribution in [-0.2, 0) is 9.59 Å². The molecule has 0 heterocycles. The number of carbonyl (C=O) groups excluding carboxylic acids is 1. The SMILES string of the molecule is CCC(CCN)CCC(=O)N(CC(=O)O)CC(F)(F)F. The van der Waals surface area contributed by atoms with E-state index in [1.54, 1.807) is 0 Å². The topological polar surface area (TPSA) is 83.6 Å². The molecule has 0 aromatic rings. The number of rotatable bonds is 9. The number of hydrogen-bond acceptors (Lipinski definition) is 3. The van der Waals surface area contributed by atoms with Gasteiger partial charge in [0.1, 0.15) is 13.1 Å². The van der Waals surface area contributed by atoms with Gasteiger partial charge in [-0.2, -0.15) is 13.2 Å². The van der Waals surface area contributed by atoms with Gasteiger partial charge in [0.2, 0.25) is 5.91 Å². The Bertz CT molecular complexity index is 322. The van der Waals surface area contributed by atoms with Crippen molar-refractivity contribution in [2.45, 2.75) is 38.8 Å². The molecule has 0 rings (SSSR count). The first-order chi connectivity index (χ1) is 9.19. The van der Waals surface area contributed by atoms with Crippen molar-refractivity contribution in [2.24, 2.45) is 11.7 Å². The van der Waals surface area contributed by atoms with Gasteiger partial charge in [-0.05, 0) is 25.3 Å². The van der Waals surface area contributed by atoms with Crippen molar-refractivity contribution < 1.29 is 27.9 Å². The van der Waals surface area contributed by atoms with E-state index in [0.717, 1.165) is 6.42 Å². The van der Waals surface area contributed by atoms with Gasteiger partial charge in [-0.15, -0.1) is 0 Å². The molecule has 5 nitrogen and oxygen atoms in total. The van der Waals surface area contributed by atoms with Gasteiger partial charge in [0, 0.05) is 6.42 Å². The highest BCUT2D eigenvalue weighted by molar-refractivity contribution is 5.81. The second-order valence-electron chi connectivity index (χ2n) is 4.65. The first kappa shape index (κ1) is 18.7. The summed E-state index contributed by atoms with van der Waals surface area (Å²) in [5.74, 6) is -2.08. The van der Waals surface area contributed by atoms with Crippen LogP contribution in [0.25, 0.3) is 0 Å². The van der Waals surface area contributed by atoms with E-state index in [9.17, 15) is 22.8 Å². The largest absolute Gasteiger partial charge is 0.480 e. The van der Waals surface area contributed by atoms with Gasteiger partial charge in [-0.25, -0.2) is 0 Å². The molecule has 0 aliphatic carbocycles. The standard InChI is InChI=1S/C12H21F3N2O3/c1-2-9(5-6-16)3-4-10(18)17(7-11(19)20)8-12(13,14)15/h9H,2-8,16H2,1H3,(H,19,20). The number of aliphatic carboxylic acids is 1. The molecule has 0 radical (unpaired) electrons. The average molecular weight is 298 g/mol. The second kappa shape index (κ2) is 8.78. The maximum absolute atomic E-state index is 12.3. The van der Waals surface area contributed by atoms with E-state index in [1.165, 1.54) is 0 Å². The van der Waals surface area contributed by atoms with Crippen molar-refractivity contribution >= 4 is 11.9 Å². The van der Waals surface area contributed by atoms with Crippen molar-refractivity contribution in [3.63, 3.8) is 0 Å². The van der Waals surface area contributed by atoms with Gasteiger partial charge in [0.25, 0.3) is 0 Å². The predicted molar refractivity (Wildman–Crippen MR) is 67.0 cm³/mol. The van der Waals surface area contributed by atoms with E-state index in [-0.39, 0.29) is 12.3 Å². The van der Waals surface area contributed by atoms with Gasteiger partial charge in [-0.1, -0.05) is 13.3 Å². The van der Waals surface area contributed by atoms with E-state index in [2.05, 4.69) is 0 Å². The number of alkyl halides is 3. The molecule has 1 atom stereocenters. The Balaban J connectivity index is 4.50. The van der Waals surface area contributed by atoms with Crippen LogP contribution in [0, 0.1) is 5.92 Å². The summed E-state index contributed by atoms with van der Waals surface area (Å²) in [7, 11) is 0. The number of nitrogens with zero attached hydrogens (tertiary/aromatic N) is 1. The van der Waals surface area contributed by atoms with Crippen LogP contribution in [0.2, 0.25) is 0 Å². The number of amides is 1. The zero-order valence-electron chi connectivity index (χ0n) is 11.4. The molecule has 1 amide bonds. The molecule has 118 valence electrons. The Morgan fingerprint density at radius 2 is 1.90 bits per heavy atom.